The molecule has 8 nitrogen and oxygen atoms in total. The summed E-state index contributed by atoms with van der Waals surface area (Å²) in [5.41, 5.74) is -0.341. The van der Waals surface area contributed by atoms with E-state index in [1.54, 1.807) is 6.07 Å². The first-order valence-corrected chi connectivity index (χ1v) is 7.13. The molecule has 2 rings (SSSR count). The predicted molar refractivity (Wildman–Crippen MR) is 87.3 cm³/mol. The van der Waals surface area contributed by atoms with Gasteiger partial charge in [0.05, 0.1) is 19.1 Å². The van der Waals surface area contributed by atoms with E-state index in [9.17, 15) is 19.7 Å². The quantitative estimate of drug-likeness (QED) is 0.329. The Morgan fingerprint density at radius 3 is 2.36 bits per heavy atom. The zero-order valence-corrected chi connectivity index (χ0v) is 13.6. The normalized spacial score (nSPS) is 10.0. The van der Waals surface area contributed by atoms with E-state index in [1.165, 1.54) is 50.6 Å². The number of para-hydroxylation sites is 1. The highest BCUT2D eigenvalue weighted by molar-refractivity contribution is 6.00. The van der Waals surface area contributed by atoms with Crippen LogP contribution < -0.4 is 9.47 Å². The number of nitrogens with zero attached hydrogens (tertiary/aromatic N) is 1. The Hall–Kier alpha value is -3.42. The van der Waals surface area contributed by atoms with E-state index in [0.717, 1.165) is 0 Å². The van der Waals surface area contributed by atoms with E-state index >= 15 is 0 Å². The van der Waals surface area contributed by atoms with Crippen molar-refractivity contribution in [2.24, 2.45) is 0 Å². The summed E-state index contributed by atoms with van der Waals surface area (Å²) in [5, 5.41) is 10.9. The van der Waals surface area contributed by atoms with Crippen molar-refractivity contribution in [2.75, 3.05) is 20.8 Å². The molecule has 0 fully saturated rings. The van der Waals surface area contributed by atoms with Crippen LogP contribution in [-0.2, 0) is 4.74 Å². The molecule has 0 aliphatic rings. The zero-order valence-electron chi connectivity index (χ0n) is 13.6. The van der Waals surface area contributed by atoms with Crippen molar-refractivity contribution in [3.63, 3.8) is 0 Å². The van der Waals surface area contributed by atoms with Crippen LogP contribution in [0.4, 0.5) is 5.69 Å². The maximum atomic E-state index is 12.2. The first kappa shape index (κ1) is 17.9. The number of carbonyl (C=O) groups excluding carboxylic acids is 2. The molecule has 0 saturated carbocycles. The van der Waals surface area contributed by atoms with Gasteiger partial charge in [-0.3, -0.25) is 14.9 Å². The van der Waals surface area contributed by atoms with Gasteiger partial charge in [0.15, 0.2) is 23.9 Å². The van der Waals surface area contributed by atoms with Crippen molar-refractivity contribution in [1.29, 1.82) is 0 Å². The molecule has 0 saturated heterocycles. The van der Waals surface area contributed by atoms with Gasteiger partial charge in [-0.25, -0.2) is 4.79 Å². The highest BCUT2D eigenvalue weighted by Crippen LogP contribution is 2.27. The number of hydrogen-bond acceptors (Lipinski definition) is 7. The van der Waals surface area contributed by atoms with Crippen molar-refractivity contribution in [2.45, 2.75) is 0 Å². The van der Waals surface area contributed by atoms with Crippen LogP contribution in [0.1, 0.15) is 20.7 Å². The number of Topliss-reactive ketones (excluding diaryl/α,β-unsaturated/α-hetero) is 1. The van der Waals surface area contributed by atoms with Crippen LogP contribution in [0.5, 0.6) is 11.5 Å². The van der Waals surface area contributed by atoms with Crippen molar-refractivity contribution < 1.29 is 28.7 Å². The molecule has 25 heavy (non-hydrogen) atoms. The highest BCUT2D eigenvalue weighted by Gasteiger charge is 2.21. The number of esters is 1. The molecule has 0 aliphatic carbocycles. The van der Waals surface area contributed by atoms with Crippen LogP contribution >= 0.6 is 0 Å². The van der Waals surface area contributed by atoms with Gasteiger partial charge in [-0.15, -0.1) is 0 Å². The first-order chi connectivity index (χ1) is 12.0. The summed E-state index contributed by atoms with van der Waals surface area (Å²) in [6.07, 6.45) is 0. The lowest BCUT2D eigenvalue weighted by atomic mass is 10.1. The molecule has 8 heteroatoms. The number of methoxy groups -OCH3 is 2. The number of rotatable bonds is 7. The standard InChI is InChI=1S/C17H15NO7/c1-23-15-8-7-11(9-16(15)24-2)14(19)10-25-17(20)12-5-3-4-6-13(12)18(21)22/h3-9H,10H2,1-2H3. The second kappa shape index (κ2) is 7.91. The summed E-state index contributed by atoms with van der Waals surface area (Å²) >= 11 is 0. The van der Waals surface area contributed by atoms with Gasteiger partial charge in [0.2, 0.25) is 0 Å². The van der Waals surface area contributed by atoms with E-state index in [0.29, 0.717) is 11.5 Å². The third kappa shape index (κ3) is 4.11. The molecule has 0 aromatic heterocycles. The Kier molecular flexibility index (Phi) is 5.67. The summed E-state index contributed by atoms with van der Waals surface area (Å²) < 4.78 is 15.1. The molecule has 0 unspecified atom stereocenters. The van der Waals surface area contributed by atoms with Crippen molar-refractivity contribution in [3.05, 3.63) is 63.7 Å². The largest absolute Gasteiger partial charge is 0.493 e. The molecule has 0 bridgehead atoms. The minimum atomic E-state index is -0.943. The molecule has 0 atom stereocenters. The Labute approximate surface area is 143 Å². The number of hydrogen-bond donors (Lipinski definition) is 0. The topological polar surface area (TPSA) is 105 Å². The number of ether oxygens (including phenoxy) is 3. The number of ketones is 1. The van der Waals surface area contributed by atoms with Gasteiger partial charge >= 0.3 is 5.97 Å². The number of benzene rings is 2. The number of nitro benzene ring substituents is 1. The lowest BCUT2D eigenvalue weighted by Crippen LogP contribution is -2.15. The van der Waals surface area contributed by atoms with Crippen LogP contribution in [0.25, 0.3) is 0 Å². The smallest absolute Gasteiger partial charge is 0.345 e. The average molecular weight is 345 g/mol. The SMILES string of the molecule is COc1ccc(C(=O)COC(=O)c2ccccc2[N+](=O)[O-])cc1OC. The number of carbonyl (C=O) groups is 2. The molecular formula is C17H15NO7. The molecule has 2 aromatic rings. The van der Waals surface area contributed by atoms with Gasteiger partial charge in [0, 0.05) is 11.6 Å². The lowest BCUT2D eigenvalue weighted by Gasteiger charge is -2.09. The maximum absolute atomic E-state index is 12.2. The van der Waals surface area contributed by atoms with Crippen LogP contribution in [0.3, 0.4) is 0 Å². The zero-order chi connectivity index (χ0) is 18.4. The van der Waals surface area contributed by atoms with Gasteiger partial charge in [0.1, 0.15) is 5.56 Å². The van der Waals surface area contributed by atoms with Gasteiger partial charge in [-0.05, 0) is 24.3 Å². The van der Waals surface area contributed by atoms with Crippen molar-refractivity contribution >= 4 is 17.4 Å². The van der Waals surface area contributed by atoms with E-state index in [1.807, 2.05) is 0 Å². The molecule has 0 aliphatic heterocycles. The number of nitro groups is 1. The first-order valence-electron chi connectivity index (χ1n) is 7.13. The van der Waals surface area contributed by atoms with Crippen molar-refractivity contribution in [3.8, 4) is 11.5 Å². The molecular weight excluding hydrogens is 330 g/mol. The van der Waals surface area contributed by atoms with Crippen LogP contribution in [0.15, 0.2) is 42.5 Å². The minimum Gasteiger partial charge on any atom is -0.493 e. The van der Waals surface area contributed by atoms with E-state index in [4.69, 9.17) is 14.2 Å². The molecule has 0 radical (unpaired) electrons. The van der Waals surface area contributed by atoms with E-state index < -0.39 is 23.3 Å². The van der Waals surface area contributed by atoms with Gasteiger partial charge in [-0.1, -0.05) is 12.1 Å². The van der Waals surface area contributed by atoms with Gasteiger partial charge in [0.25, 0.3) is 5.69 Å². The molecule has 0 N–H and O–H groups in total. The van der Waals surface area contributed by atoms with E-state index in [-0.39, 0.29) is 16.8 Å². The molecule has 0 spiro atoms. The molecule has 0 heterocycles. The van der Waals surface area contributed by atoms with Crippen LogP contribution in [0, 0.1) is 10.1 Å². The fourth-order valence-corrected chi connectivity index (χ4v) is 2.11. The molecule has 0 amide bonds. The average Bonchev–Trinajstić information content (AvgIpc) is 2.65. The third-order valence-corrected chi connectivity index (χ3v) is 3.36. The van der Waals surface area contributed by atoms with Crippen LogP contribution in [-0.4, -0.2) is 37.5 Å². The second-order valence-corrected chi connectivity index (χ2v) is 4.84. The second-order valence-electron chi connectivity index (χ2n) is 4.84. The Balaban J connectivity index is 2.10. The Morgan fingerprint density at radius 1 is 1.04 bits per heavy atom. The van der Waals surface area contributed by atoms with Gasteiger partial charge in [-0.2, -0.15) is 0 Å². The summed E-state index contributed by atoms with van der Waals surface area (Å²) in [5.74, 6) is -0.608. The van der Waals surface area contributed by atoms with Gasteiger partial charge < -0.3 is 14.2 Å². The molecule has 130 valence electrons. The predicted octanol–water partition coefficient (Wildman–Crippen LogP) is 2.65. The Morgan fingerprint density at radius 2 is 1.72 bits per heavy atom. The summed E-state index contributed by atoms with van der Waals surface area (Å²) in [7, 11) is 2.90. The van der Waals surface area contributed by atoms with Crippen LogP contribution in [0.2, 0.25) is 0 Å². The van der Waals surface area contributed by atoms with E-state index in [2.05, 4.69) is 0 Å². The van der Waals surface area contributed by atoms with Crippen molar-refractivity contribution in [1.82, 2.24) is 0 Å². The monoisotopic (exact) mass is 345 g/mol. The third-order valence-electron chi connectivity index (χ3n) is 3.36. The lowest BCUT2D eigenvalue weighted by molar-refractivity contribution is -0.385. The molecule has 2 aromatic carbocycles. The summed E-state index contributed by atoms with van der Waals surface area (Å²) in [6, 6.07) is 9.87. The maximum Gasteiger partial charge on any atom is 0.345 e. The fraction of sp³-hybridized carbons (Fsp3) is 0.176. The summed E-state index contributed by atoms with van der Waals surface area (Å²) in [4.78, 5) is 34.4. The fourth-order valence-electron chi connectivity index (χ4n) is 2.11. The summed E-state index contributed by atoms with van der Waals surface area (Å²) in [6.45, 7) is -0.555. The minimum absolute atomic E-state index is 0.215. The Bertz CT molecular complexity index is 816. The highest BCUT2D eigenvalue weighted by atomic mass is 16.6.